The molecule has 0 saturated heterocycles. The summed E-state index contributed by atoms with van der Waals surface area (Å²) >= 11 is 5.80. The third-order valence-electron chi connectivity index (χ3n) is 3.23. The molecule has 2 aromatic rings. The third kappa shape index (κ3) is 5.93. The minimum absolute atomic E-state index is 0.333. The Morgan fingerprint density at radius 3 is 2.19 bits per heavy atom. The van der Waals surface area contributed by atoms with Crippen LogP contribution in [0.4, 0.5) is 4.39 Å². The van der Waals surface area contributed by atoms with Gasteiger partial charge in [-0.15, -0.1) is 0 Å². The van der Waals surface area contributed by atoms with E-state index in [1.807, 2.05) is 0 Å². The van der Waals surface area contributed by atoms with Gasteiger partial charge in [-0.1, -0.05) is 11.6 Å². The maximum atomic E-state index is 12.8. The molecule has 0 aliphatic rings. The number of halogens is 2. The second-order valence-electron chi connectivity index (χ2n) is 5.81. The molecule has 0 spiro atoms. The fraction of sp³-hybridized carbons (Fsp3) is 0.222. The van der Waals surface area contributed by atoms with E-state index in [4.69, 9.17) is 21.1 Å². The lowest BCUT2D eigenvalue weighted by atomic mass is 10.1. The summed E-state index contributed by atoms with van der Waals surface area (Å²) in [6.45, 7) is 2.76. The van der Waals surface area contributed by atoms with E-state index in [-0.39, 0.29) is 6.61 Å². The van der Waals surface area contributed by atoms with Gasteiger partial charge in [0.1, 0.15) is 17.3 Å². The van der Waals surface area contributed by atoms with Crippen molar-refractivity contribution >= 4 is 23.4 Å². The summed E-state index contributed by atoms with van der Waals surface area (Å²) in [4.78, 5) is 23.9. The van der Waals surface area contributed by atoms with E-state index < -0.39 is 23.2 Å². The van der Waals surface area contributed by atoms with Crippen LogP contribution in [0.15, 0.2) is 48.5 Å². The van der Waals surface area contributed by atoms with E-state index >= 15 is 0 Å². The van der Waals surface area contributed by atoms with E-state index in [9.17, 15) is 14.0 Å². The predicted octanol–water partition coefficient (Wildman–Crippen LogP) is 2.86. The monoisotopic (exact) mass is 380 g/mol. The Morgan fingerprint density at radius 2 is 1.58 bits per heavy atom. The van der Waals surface area contributed by atoms with Gasteiger partial charge in [0, 0.05) is 5.02 Å². The first kappa shape index (κ1) is 19.5. The van der Waals surface area contributed by atoms with Gasteiger partial charge >= 0.3 is 0 Å². The Bertz CT molecular complexity index is 764. The minimum Gasteiger partial charge on any atom is -0.484 e. The van der Waals surface area contributed by atoms with Crippen LogP contribution in [0.1, 0.15) is 13.8 Å². The van der Waals surface area contributed by atoms with Gasteiger partial charge in [-0.05, 0) is 62.4 Å². The van der Waals surface area contributed by atoms with Gasteiger partial charge < -0.3 is 9.47 Å². The van der Waals surface area contributed by atoms with Crippen molar-refractivity contribution in [2.45, 2.75) is 19.4 Å². The highest BCUT2D eigenvalue weighted by atomic mass is 35.5. The van der Waals surface area contributed by atoms with Crippen molar-refractivity contribution in [3.8, 4) is 11.5 Å². The van der Waals surface area contributed by atoms with Crippen molar-refractivity contribution in [1.29, 1.82) is 0 Å². The second-order valence-corrected chi connectivity index (χ2v) is 6.25. The topological polar surface area (TPSA) is 76.7 Å². The van der Waals surface area contributed by atoms with Crippen LogP contribution >= 0.6 is 11.6 Å². The molecular weight excluding hydrogens is 363 g/mol. The molecule has 26 heavy (non-hydrogen) atoms. The molecule has 2 N–H and O–H groups in total. The van der Waals surface area contributed by atoms with Gasteiger partial charge in [0.05, 0.1) is 0 Å². The number of hydrazine groups is 1. The van der Waals surface area contributed by atoms with Crippen molar-refractivity contribution in [1.82, 2.24) is 10.9 Å². The lowest BCUT2D eigenvalue weighted by molar-refractivity contribution is -0.138. The number of amides is 2. The Morgan fingerprint density at radius 1 is 1.00 bits per heavy atom. The lowest BCUT2D eigenvalue weighted by Gasteiger charge is -2.25. The molecule has 0 atom stereocenters. The summed E-state index contributed by atoms with van der Waals surface area (Å²) in [5.74, 6) is -0.746. The van der Waals surface area contributed by atoms with Gasteiger partial charge in [-0.2, -0.15) is 0 Å². The summed E-state index contributed by atoms with van der Waals surface area (Å²) < 4.78 is 23.6. The minimum atomic E-state index is -1.24. The van der Waals surface area contributed by atoms with Gasteiger partial charge in [0.2, 0.25) is 0 Å². The Labute approximate surface area is 155 Å². The summed E-state index contributed by atoms with van der Waals surface area (Å²) in [7, 11) is 0. The fourth-order valence-electron chi connectivity index (χ4n) is 1.84. The quantitative estimate of drug-likeness (QED) is 0.755. The van der Waals surface area contributed by atoms with Gasteiger partial charge in [-0.3, -0.25) is 20.4 Å². The zero-order valence-corrected chi connectivity index (χ0v) is 15.0. The number of carbonyl (C=O) groups excluding carboxylic acids is 2. The lowest BCUT2D eigenvalue weighted by Crippen LogP contribution is -2.53. The van der Waals surface area contributed by atoms with E-state index in [2.05, 4.69) is 10.9 Å². The smallest absolute Gasteiger partial charge is 0.281 e. The molecule has 2 aromatic carbocycles. The highest BCUT2D eigenvalue weighted by Crippen LogP contribution is 2.20. The first-order valence-corrected chi connectivity index (χ1v) is 8.06. The van der Waals surface area contributed by atoms with Crippen LogP contribution in [0, 0.1) is 5.82 Å². The molecule has 0 unspecified atom stereocenters. The summed E-state index contributed by atoms with van der Waals surface area (Å²) in [6.07, 6.45) is 0. The van der Waals surface area contributed by atoms with Gasteiger partial charge in [-0.25, -0.2) is 4.39 Å². The fourth-order valence-corrected chi connectivity index (χ4v) is 1.96. The molecule has 0 fully saturated rings. The van der Waals surface area contributed by atoms with Crippen LogP contribution in [0.3, 0.4) is 0 Å². The van der Waals surface area contributed by atoms with E-state index in [0.717, 1.165) is 0 Å². The van der Waals surface area contributed by atoms with Crippen LogP contribution in [0.2, 0.25) is 5.02 Å². The average molecular weight is 381 g/mol. The van der Waals surface area contributed by atoms with Crippen LogP contribution in [-0.4, -0.2) is 24.0 Å². The third-order valence-corrected chi connectivity index (χ3v) is 3.48. The molecular formula is C18H18ClFN2O4. The number of hydrogen-bond donors (Lipinski definition) is 2. The first-order chi connectivity index (χ1) is 12.3. The Hall–Kier alpha value is -2.80. The number of ether oxygens (including phenoxy) is 2. The number of rotatable bonds is 6. The number of benzene rings is 2. The molecule has 2 rings (SSSR count). The van der Waals surface area contributed by atoms with Crippen molar-refractivity contribution in [2.24, 2.45) is 0 Å². The molecule has 2 amide bonds. The Kier molecular flexibility index (Phi) is 6.41. The molecule has 6 nitrogen and oxygen atoms in total. The standard InChI is InChI=1S/C18H18ClFN2O4/c1-18(2,26-15-7-3-12(19)4-8-15)17(24)22-21-16(23)11-25-14-9-5-13(20)6-10-14/h3-10H,11H2,1-2H3,(H,21,23)(H,22,24). The maximum Gasteiger partial charge on any atom is 0.281 e. The molecule has 8 heteroatoms. The molecule has 0 aliphatic carbocycles. The molecule has 0 aliphatic heterocycles. The van der Waals surface area contributed by atoms with E-state index in [0.29, 0.717) is 16.5 Å². The van der Waals surface area contributed by atoms with Crippen LogP contribution < -0.4 is 20.3 Å². The summed E-state index contributed by atoms with van der Waals surface area (Å²) in [5, 5.41) is 0.549. The summed E-state index contributed by atoms with van der Waals surface area (Å²) in [6, 6.07) is 11.8. The van der Waals surface area contributed by atoms with Crippen molar-refractivity contribution in [2.75, 3.05) is 6.61 Å². The SMILES string of the molecule is CC(C)(Oc1ccc(Cl)cc1)C(=O)NNC(=O)COc1ccc(F)cc1. The van der Waals surface area contributed by atoms with Crippen molar-refractivity contribution < 1.29 is 23.5 Å². The Balaban J connectivity index is 1.79. The van der Waals surface area contributed by atoms with E-state index in [1.54, 1.807) is 38.1 Å². The molecule has 0 aromatic heterocycles. The average Bonchev–Trinajstić information content (AvgIpc) is 2.61. The van der Waals surface area contributed by atoms with Gasteiger partial charge in [0.15, 0.2) is 12.2 Å². The van der Waals surface area contributed by atoms with Crippen LogP contribution in [0.25, 0.3) is 0 Å². The molecule has 0 radical (unpaired) electrons. The van der Waals surface area contributed by atoms with Crippen LogP contribution in [0.5, 0.6) is 11.5 Å². The zero-order chi connectivity index (χ0) is 19.2. The zero-order valence-electron chi connectivity index (χ0n) is 14.2. The predicted molar refractivity (Wildman–Crippen MR) is 94.3 cm³/mol. The highest BCUT2D eigenvalue weighted by Gasteiger charge is 2.30. The number of hydrogen-bond acceptors (Lipinski definition) is 4. The van der Waals surface area contributed by atoms with Gasteiger partial charge in [0.25, 0.3) is 11.8 Å². The highest BCUT2D eigenvalue weighted by molar-refractivity contribution is 6.30. The normalized spacial score (nSPS) is 10.8. The number of carbonyl (C=O) groups is 2. The van der Waals surface area contributed by atoms with Crippen molar-refractivity contribution in [3.05, 3.63) is 59.4 Å². The number of nitrogens with one attached hydrogen (secondary N) is 2. The van der Waals surface area contributed by atoms with Crippen molar-refractivity contribution in [3.63, 3.8) is 0 Å². The maximum absolute atomic E-state index is 12.8. The summed E-state index contributed by atoms with van der Waals surface area (Å²) in [5.41, 5.74) is 3.26. The molecule has 0 saturated carbocycles. The largest absolute Gasteiger partial charge is 0.484 e. The molecule has 0 heterocycles. The second kappa shape index (κ2) is 8.53. The van der Waals surface area contributed by atoms with E-state index in [1.165, 1.54) is 24.3 Å². The van der Waals surface area contributed by atoms with Crippen LogP contribution in [-0.2, 0) is 9.59 Å². The molecule has 0 bridgehead atoms. The molecule has 138 valence electrons. The first-order valence-electron chi connectivity index (χ1n) is 7.68.